The van der Waals surface area contributed by atoms with Gasteiger partial charge in [-0.1, -0.05) is 57.4 Å². The highest BCUT2D eigenvalue weighted by molar-refractivity contribution is 5.26. The van der Waals surface area contributed by atoms with Crippen molar-refractivity contribution in [3.63, 3.8) is 0 Å². The van der Waals surface area contributed by atoms with Crippen LogP contribution in [-0.4, -0.2) is 12.7 Å². The van der Waals surface area contributed by atoms with E-state index in [9.17, 15) is 0 Å². The van der Waals surface area contributed by atoms with Crippen LogP contribution in [0.5, 0.6) is 0 Å². The van der Waals surface area contributed by atoms with Crippen LogP contribution in [0.2, 0.25) is 0 Å². The standard InChI is InChI=1S/C24H38O/c1-3-5-20-6-12-22(13-7-20)23-14-8-21(9-15-23)11-17-24-16-10-19(4-2)18-25-24/h8-9,14-15,19-20,22,24H,3-7,10-13,16-18H2,1-2H3. The number of hydrogen-bond donors (Lipinski definition) is 0. The van der Waals surface area contributed by atoms with Gasteiger partial charge in [0, 0.05) is 6.61 Å². The van der Waals surface area contributed by atoms with Gasteiger partial charge < -0.3 is 4.74 Å². The molecule has 2 atom stereocenters. The molecule has 2 fully saturated rings. The summed E-state index contributed by atoms with van der Waals surface area (Å²) in [7, 11) is 0. The molecule has 0 radical (unpaired) electrons. The maximum Gasteiger partial charge on any atom is 0.0578 e. The van der Waals surface area contributed by atoms with Crippen molar-refractivity contribution < 1.29 is 4.74 Å². The minimum absolute atomic E-state index is 0.497. The van der Waals surface area contributed by atoms with Gasteiger partial charge in [-0.3, -0.25) is 0 Å². The molecule has 2 aliphatic rings. The number of rotatable bonds is 7. The monoisotopic (exact) mass is 342 g/mol. The van der Waals surface area contributed by atoms with Gasteiger partial charge in [0.2, 0.25) is 0 Å². The summed E-state index contributed by atoms with van der Waals surface area (Å²) in [6, 6.07) is 9.58. The van der Waals surface area contributed by atoms with E-state index in [-0.39, 0.29) is 0 Å². The quantitative estimate of drug-likeness (QED) is 0.523. The molecule has 0 aromatic heterocycles. The van der Waals surface area contributed by atoms with E-state index in [2.05, 4.69) is 38.1 Å². The molecule has 0 bridgehead atoms. The van der Waals surface area contributed by atoms with Crippen LogP contribution < -0.4 is 0 Å². The predicted molar refractivity (Wildman–Crippen MR) is 107 cm³/mol. The molecule has 1 aliphatic heterocycles. The van der Waals surface area contributed by atoms with E-state index in [0.29, 0.717) is 6.10 Å². The number of aryl methyl sites for hydroxylation is 1. The number of benzene rings is 1. The largest absolute Gasteiger partial charge is 0.378 e. The maximum absolute atomic E-state index is 6.05. The molecule has 1 heteroatoms. The summed E-state index contributed by atoms with van der Waals surface area (Å²) in [6.45, 7) is 5.60. The fourth-order valence-electron chi connectivity index (χ4n) is 4.89. The molecule has 0 spiro atoms. The zero-order valence-electron chi connectivity index (χ0n) is 16.5. The van der Waals surface area contributed by atoms with Crippen LogP contribution in [0.3, 0.4) is 0 Å². The molecular formula is C24H38O. The minimum atomic E-state index is 0.497. The minimum Gasteiger partial charge on any atom is -0.378 e. The van der Waals surface area contributed by atoms with Crippen molar-refractivity contribution in [2.75, 3.05) is 6.61 Å². The summed E-state index contributed by atoms with van der Waals surface area (Å²) >= 11 is 0. The Hall–Kier alpha value is -0.820. The van der Waals surface area contributed by atoms with E-state index in [1.807, 2.05) is 0 Å². The summed E-state index contributed by atoms with van der Waals surface area (Å²) in [6.07, 6.45) is 15.2. The van der Waals surface area contributed by atoms with Crippen LogP contribution in [0.25, 0.3) is 0 Å². The molecule has 3 rings (SSSR count). The average molecular weight is 343 g/mol. The Morgan fingerprint density at radius 2 is 1.56 bits per heavy atom. The van der Waals surface area contributed by atoms with Crippen LogP contribution in [-0.2, 0) is 11.2 Å². The molecule has 140 valence electrons. The molecule has 0 amide bonds. The third kappa shape index (κ3) is 5.58. The van der Waals surface area contributed by atoms with Gasteiger partial charge in [-0.05, 0) is 80.2 Å². The SMILES string of the molecule is CCCC1CCC(c2ccc(CCC3CCC(CC)CO3)cc2)CC1. The average Bonchev–Trinajstić information content (AvgIpc) is 2.68. The fraction of sp³-hybridized carbons (Fsp3) is 0.750. The first-order valence-corrected chi connectivity index (χ1v) is 11.0. The summed E-state index contributed by atoms with van der Waals surface area (Å²) in [5.41, 5.74) is 3.07. The fourth-order valence-corrected chi connectivity index (χ4v) is 4.89. The van der Waals surface area contributed by atoms with Crippen LogP contribution in [0.1, 0.15) is 95.1 Å². The molecule has 1 aliphatic carbocycles. The molecule has 0 N–H and O–H groups in total. The first kappa shape index (κ1) is 19.0. The smallest absolute Gasteiger partial charge is 0.0578 e. The third-order valence-electron chi connectivity index (χ3n) is 6.79. The zero-order chi connectivity index (χ0) is 17.5. The lowest BCUT2D eigenvalue weighted by atomic mass is 9.77. The van der Waals surface area contributed by atoms with Gasteiger partial charge in [0.1, 0.15) is 0 Å². The lowest BCUT2D eigenvalue weighted by Gasteiger charge is -2.29. The van der Waals surface area contributed by atoms with Crippen molar-refractivity contribution in [1.29, 1.82) is 0 Å². The van der Waals surface area contributed by atoms with Gasteiger partial charge in [0.15, 0.2) is 0 Å². The van der Waals surface area contributed by atoms with Crippen LogP contribution in [0.15, 0.2) is 24.3 Å². The highest BCUT2D eigenvalue weighted by Gasteiger charge is 2.22. The molecule has 1 heterocycles. The van der Waals surface area contributed by atoms with Gasteiger partial charge in [0.25, 0.3) is 0 Å². The number of ether oxygens (including phenoxy) is 1. The predicted octanol–water partition coefficient (Wildman–Crippen LogP) is 6.90. The highest BCUT2D eigenvalue weighted by atomic mass is 16.5. The molecule has 1 aromatic rings. The Labute approximate surface area is 155 Å². The molecule has 1 saturated carbocycles. The first-order chi connectivity index (χ1) is 12.3. The van der Waals surface area contributed by atoms with Crippen molar-refractivity contribution in [3.8, 4) is 0 Å². The van der Waals surface area contributed by atoms with Crippen LogP contribution in [0.4, 0.5) is 0 Å². The van der Waals surface area contributed by atoms with Gasteiger partial charge in [-0.2, -0.15) is 0 Å². The summed E-state index contributed by atoms with van der Waals surface area (Å²) in [5.74, 6) is 2.63. The molecule has 25 heavy (non-hydrogen) atoms. The second-order valence-electron chi connectivity index (χ2n) is 8.59. The Bertz CT molecular complexity index is 475. The van der Waals surface area contributed by atoms with Gasteiger partial charge in [0.05, 0.1) is 6.10 Å². The third-order valence-corrected chi connectivity index (χ3v) is 6.79. The van der Waals surface area contributed by atoms with Gasteiger partial charge in [-0.15, -0.1) is 0 Å². The van der Waals surface area contributed by atoms with E-state index in [4.69, 9.17) is 4.74 Å². The van der Waals surface area contributed by atoms with E-state index in [1.54, 1.807) is 5.56 Å². The topological polar surface area (TPSA) is 9.23 Å². The van der Waals surface area contributed by atoms with Gasteiger partial charge in [-0.25, -0.2) is 0 Å². The van der Waals surface area contributed by atoms with Crippen molar-refractivity contribution in [2.24, 2.45) is 11.8 Å². The second kappa shape index (κ2) is 9.76. The summed E-state index contributed by atoms with van der Waals surface area (Å²) < 4.78 is 6.05. The molecule has 1 aromatic carbocycles. The van der Waals surface area contributed by atoms with Crippen molar-refractivity contribution in [3.05, 3.63) is 35.4 Å². The normalized spacial score (nSPS) is 30.3. The van der Waals surface area contributed by atoms with E-state index in [1.165, 1.54) is 76.2 Å². The summed E-state index contributed by atoms with van der Waals surface area (Å²) in [5, 5.41) is 0. The highest BCUT2D eigenvalue weighted by Crippen LogP contribution is 2.37. The van der Waals surface area contributed by atoms with E-state index in [0.717, 1.165) is 24.4 Å². The molecular weight excluding hydrogens is 304 g/mol. The van der Waals surface area contributed by atoms with E-state index < -0.39 is 0 Å². The lowest BCUT2D eigenvalue weighted by molar-refractivity contribution is -0.0202. The van der Waals surface area contributed by atoms with Crippen molar-refractivity contribution >= 4 is 0 Å². The van der Waals surface area contributed by atoms with Crippen molar-refractivity contribution in [2.45, 2.75) is 96.5 Å². The van der Waals surface area contributed by atoms with Crippen LogP contribution in [0, 0.1) is 11.8 Å². The van der Waals surface area contributed by atoms with Gasteiger partial charge >= 0.3 is 0 Å². The lowest BCUT2D eigenvalue weighted by Crippen LogP contribution is -2.25. The molecule has 2 unspecified atom stereocenters. The van der Waals surface area contributed by atoms with E-state index >= 15 is 0 Å². The summed E-state index contributed by atoms with van der Waals surface area (Å²) in [4.78, 5) is 0. The Morgan fingerprint density at radius 3 is 2.16 bits per heavy atom. The Morgan fingerprint density at radius 1 is 0.840 bits per heavy atom. The molecule has 1 saturated heterocycles. The molecule has 1 nitrogen and oxygen atoms in total. The van der Waals surface area contributed by atoms with Crippen molar-refractivity contribution in [1.82, 2.24) is 0 Å². The second-order valence-corrected chi connectivity index (χ2v) is 8.59. The Balaban J connectivity index is 1.42. The maximum atomic E-state index is 6.05. The first-order valence-electron chi connectivity index (χ1n) is 11.0. The van der Waals surface area contributed by atoms with Crippen LogP contribution >= 0.6 is 0 Å². The zero-order valence-corrected chi connectivity index (χ0v) is 16.5. The Kier molecular flexibility index (Phi) is 7.40. The number of hydrogen-bond acceptors (Lipinski definition) is 1.